The topological polar surface area (TPSA) is 75.1 Å². The number of benzene rings is 2. The van der Waals surface area contributed by atoms with Gasteiger partial charge in [0.15, 0.2) is 0 Å². The molecule has 0 fully saturated rings. The van der Waals surface area contributed by atoms with Gasteiger partial charge in [-0.05, 0) is 24.3 Å². The molecular formula is C14H8Cl2N2O3. The van der Waals surface area contributed by atoms with E-state index in [1.807, 2.05) is 0 Å². The van der Waals surface area contributed by atoms with Crippen molar-refractivity contribution in [3.05, 3.63) is 62.5 Å². The normalized spacial score (nSPS) is 11.0. The lowest BCUT2D eigenvalue weighted by atomic mass is 10.2. The maximum absolute atomic E-state index is 12.2. The third-order valence-corrected chi connectivity index (χ3v) is 3.71. The number of aromatic amines is 1. The van der Waals surface area contributed by atoms with Crippen LogP contribution in [0.25, 0.3) is 16.7 Å². The zero-order valence-electron chi connectivity index (χ0n) is 10.4. The minimum atomic E-state index is -1.14. The quantitative estimate of drug-likeness (QED) is 0.759. The van der Waals surface area contributed by atoms with Gasteiger partial charge < -0.3 is 10.1 Å². The summed E-state index contributed by atoms with van der Waals surface area (Å²) in [5.41, 5.74) is 0.363. The van der Waals surface area contributed by atoms with Gasteiger partial charge in [0.05, 0.1) is 32.3 Å². The molecule has 0 amide bonds. The minimum Gasteiger partial charge on any atom is -0.478 e. The average molecular weight is 323 g/mol. The van der Waals surface area contributed by atoms with Crippen molar-refractivity contribution in [2.45, 2.75) is 0 Å². The zero-order valence-corrected chi connectivity index (χ0v) is 11.9. The Bertz CT molecular complexity index is 907. The van der Waals surface area contributed by atoms with Gasteiger partial charge in [0.25, 0.3) is 0 Å². The van der Waals surface area contributed by atoms with E-state index in [4.69, 9.17) is 23.2 Å². The standard InChI is InChI=1S/C14H8Cl2N2O3/c15-8-4-2-5-9(16)12(8)18-11-7(13(19)20)3-1-6-10(11)17-14(18)21/h1-6H,(H,17,21)(H,19,20). The highest BCUT2D eigenvalue weighted by atomic mass is 35.5. The number of nitrogens with one attached hydrogen (secondary N) is 1. The SMILES string of the molecule is O=C(O)c1cccc2[nH]c(=O)n(-c3c(Cl)cccc3Cl)c12. The van der Waals surface area contributed by atoms with Gasteiger partial charge >= 0.3 is 11.7 Å². The number of rotatable bonds is 2. The number of aromatic nitrogens is 2. The van der Waals surface area contributed by atoms with Crippen LogP contribution in [-0.2, 0) is 0 Å². The summed E-state index contributed by atoms with van der Waals surface area (Å²) in [5, 5.41) is 9.82. The lowest BCUT2D eigenvalue weighted by molar-refractivity contribution is 0.0698. The van der Waals surface area contributed by atoms with Crippen LogP contribution in [0.1, 0.15) is 10.4 Å². The van der Waals surface area contributed by atoms with Gasteiger partial charge in [0.1, 0.15) is 0 Å². The summed E-state index contributed by atoms with van der Waals surface area (Å²) >= 11 is 12.2. The molecule has 0 aliphatic heterocycles. The van der Waals surface area contributed by atoms with E-state index in [0.29, 0.717) is 5.52 Å². The third-order valence-electron chi connectivity index (χ3n) is 3.10. The van der Waals surface area contributed by atoms with E-state index in [0.717, 1.165) is 0 Å². The molecule has 0 bridgehead atoms. The second-order valence-corrected chi connectivity index (χ2v) is 5.16. The maximum Gasteiger partial charge on any atom is 0.337 e. The molecule has 0 saturated carbocycles. The number of carboxylic acids is 1. The second kappa shape index (κ2) is 4.95. The number of halogens is 2. The molecule has 5 nitrogen and oxygen atoms in total. The molecule has 1 heterocycles. The Kier molecular flexibility index (Phi) is 3.23. The summed E-state index contributed by atoms with van der Waals surface area (Å²) in [6, 6.07) is 9.39. The molecule has 21 heavy (non-hydrogen) atoms. The number of H-pyrrole nitrogens is 1. The third kappa shape index (κ3) is 2.11. The van der Waals surface area contributed by atoms with Crippen LogP contribution in [0, 0.1) is 0 Å². The summed E-state index contributed by atoms with van der Waals surface area (Å²) in [6.45, 7) is 0. The first-order chi connectivity index (χ1) is 10.0. The molecule has 0 spiro atoms. The molecule has 0 aliphatic rings. The highest BCUT2D eigenvalue weighted by Gasteiger charge is 2.19. The van der Waals surface area contributed by atoms with Gasteiger partial charge in [-0.3, -0.25) is 4.57 Å². The molecule has 1 aromatic heterocycles. The minimum absolute atomic E-state index is 0.0122. The van der Waals surface area contributed by atoms with Crippen LogP contribution >= 0.6 is 23.2 Å². The van der Waals surface area contributed by atoms with Crippen LogP contribution in [0.15, 0.2) is 41.2 Å². The number of hydrogen-bond acceptors (Lipinski definition) is 2. The first kappa shape index (κ1) is 13.7. The van der Waals surface area contributed by atoms with Gasteiger partial charge in [0, 0.05) is 0 Å². The predicted molar refractivity (Wildman–Crippen MR) is 80.9 cm³/mol. The van der Waals surface area contributed by atoms with Crippen molar-refractivity contribution in [2.24, 2.45) is 0 Å². The Hall–Kier alpha value is -2.24. The molecule has 3 aromatic rings. The second-order valence-electron chi connectivity index (χ2n) is 4.34. The predicted octanol–water partition coefficient (Wildman–Crippen LogP) is 3.32. The molecule has 0 atom stereocenters. The molecule has 0 unspecified atom stereocenters. The van der Waals surface area contributed by atoms with Gasteiger partial charge in [-0.2, -0.15) is 0 Å². The fourth-order valence-corrected chi connectivity index (χ4v) is 2.81. The molecule has 106 valence electrons. The number of imidazole rings is 1. The van der Waals surface area contributed by atoms with Crippen LogP contribution in [0.4, 0.5) is 0 Å². The number of hydrogen-bond donors (Lipinski definition) is 2. The molecule has 2 aromatic carbocycles. The van der Waals surface area contributed by atoms with E-state index in [1.165, 1.54) is 10.6 Å². The number of fused-ring (bicyclic) bond motifs is 1. The summed E-state index contributed by atoms with van der Waals surface area (Å²) in [7, 11) is 0. The van der Waals surface area contributed by atoms with E-state index in [9.17, 15) is 14.7 Å². The molecule has 0 aliphatic carbocycles. The highest BCUT2D eigenvalue weighted by Crippen LogP contribution is 2.30. The lowest BCUT2D eigenvalue weighted by Gasteiger charge is -2.09. The molecule has 0 radical (unpaired) electrons. The molecule has 0 saturated heterocycles. The monoisotopic (exact) mass is 322 g/mol. The van der Waals surface area contributed by atoms with Crippen LogP contribution in [0.5, 0.6) is 0 Å². The number of para-hydroxylation sites is 2. The number of carboxylic acid groups (broad SMARTS) is 1. The Labute approximate surface area is 128 Å². The summed E-state index contributed by atoms with van der Waals surface area (Å²) in [5.74, 6) is -1.14. The van der Waals surface area contributed by atoms with Gasteiger partial charge in [-0.25, -0.2) is 9.59 Å². The molecule has 7 heteroatoms. The Balaban J connectivity index is 2.51. The first-order valence-electron chi connectivity index (χ1n) is 5.92. The van der Waals surface area contributed by atoms with Crippen LogP contribution < -0.4 is 5.69 Å². The number of carbonyl (C=O) groups is 1. The van der Waals surface area contributed by atoms with Gasteiger partial charge in [0.2, 0.25) is 0 Å². The van der Waals surface area contributed by atoms with Crippen molar-refractivity contribution < 1.29 is 9.90 Å². The summed E-state index contributed by atoms with van der Waals surface area (Å²) in [4.78, 5) is 26.2. The summed E-state index contributed by atoms with van der Waals surface area (Å²) < 4.78 is 1.18. The number of aromatic carboxylic acids is 1. The molecule has 3 rings (SSSR count). The van der Waals surface area contributed by atoms with E-state index < -0.39 is 11.7 Å². The Morgan fingerprint density at radius 2 is 1.71 bits per heavy atom. The van der Waals surface area contributed by atoms with Crippen molar-refractivity contribution in [1.82, 2.24) is 9.55 Å². The highest BCUT2D eigenvalue weighted by molar-refractivity contribution is 6.37. The van der Waals surface area contributed by atoms with E-state index in [2.05, 4.69) is 4.98 Å². The van der Waals surface area contributed by atoms with E-state index in [1.54, 1.807) is 30.3 Å². The largest absolute Gasteiger partial charge is 0.478 e. The first-order valence-corrected chi connectivity index (χ1v) is 6.67. The fourth-order valence-electron chi connectivity index (χ4n) is 2.25. The van der Waals surface area contributed by atoms with Crippen LogP contribution in [-0.4, -0.2) is 20.6 Å². The van der Waals surface area contributed by atoms with Crippen molar-refractivity contribution in [3.63, 3.8) is 0 Å². The van der Waals surface area contributed by atoms with E-state index >= 15 is 0 Å². The van der Waals surface area contributed by atoms with Gasteiger partial charge in [-0.15, -0.1) is 0 Å². The van der Waals surface area contributed by atoms with Crippen LogP contribution in [0.3, 0.4) is 0 Å². The Morgan fingerprint density at radius 3 is 2.33 bits per heavy atom. The lowest BCUT2D eigenvalue weighted by Crippen LogP contribution is -2.16. The maximum atomic E-state index is 12.2. The zero-order chi connectivity index (χ0) is 15.1. The van der Waals surface area contributed by atoms with Crippen molar-refractivity contribution >= 4 is 40.2 Å². The summed E-state index contributed by atoms with van der Waals surface area (Å²) in [6.07, 6.45) is 0. The molecule has 2 N–H and O–H groups in total. The van der Waals surface area contributed by atoms with E-state index in [-0.39, 0.29) is 26.8 Å². The smallest absolute Gasteiger partial charge is 0.337 e. The Morgan fingerprint density at radius 1 is 1.10 bits per heavy atom. The van der Waals surface area contributed by atoms with Gasteiger partial charge in [-0.1, -0.05) is 35.3 Å². The van der Waals surface area contributed by atoms with Crippen molar-refractivity contribution in [3.8, 4) is 5.69 Å². The van der Waals surface area contributed by atoms with Crippen LogP contribution in [0.2, 0.25) is 10.0 Å². The van der Waals surface area contributed by atoms with Crippen molar-refractivity contribution in [1.29, 1.82) is 0 Å². The van der Waals surface area contributed by atoms with Crippen molar-refractivity contribution in [2.75, 3.05) is 0 Å². The molecular weight excluding hydrogens is 315 g/mol. The fraction of sp³-hybridized carbons (Fsp3) is 0. The average Bonchev–Trinajstić information content (AvgIpc) is 2.75. The number of nitrogens with zero attached hydrogens (tertiary/aromatic N) is 1.